The first kappa shape index (κ1) is 8.14. The SMILES string of the molecule is CCc1occc1OC(=O)Cl. The van der Waals surface area contributed by atoms with Crippen LogP contribution in [-0.2, 0) is 6.42 Å². The fourth-order valence-electron chi connectivity index (χ4n) is 0.764. The van der Waals surface area contributed by atoms with Crippen LogP contribution in [0.3, 0.4) is 0 Å². The van der Waals surface area contributed by atoms with Crippen molar-refractivity contribution in [1.82, 2.24) is 0 Å². The minimum atomic E-state index is -0.846. The van der Waals surface area contributed by atoms with E-state index >= 15 is 0 Å². The highest BCUT2D eigenvalue weighted by Crippen LogP contribution is 2.20. The van der Waals surface area contributed by atoms with Gasteiger partial charge in [0.25, 0.3) is 0 Å². The molecule has 1 aromatic rings. The molecular formula is C7H7ClO3. The summed E-state index contributed by atoms with van der Waals surface area (Å²) >= 11 is 5.00. The number of halogens is 1. The predicted octanol–water partition coefficient (Wildman–Crippen LogP) is 2.58. The summed E-state index contributed by atoms with van der Waals surface area (Å²) in [6, 6.07) is 1.55. The van der Waals surface area contributed by atoms with Crippen LogP contribution < -0.4 is 4.74 Å². The Balaban J connectivity index is 2.76. The van der Waals surface area contributed by atoms with Crippen molar-refractivity contribution in [2.24, 2.45) is 0 Å². The molecule has 1 rings (SSSR count). The van der Waals surface area contributed by atoms with Crippen molar-refractivity contribution < 1.29 is 13.9 Å². The van der Waals surface area contributed by atoms with Crippen LogP contribution in [0.1, 0.15) is 12.7 Å². The second-order valence-electron chi connectivity index (χ2n) is 1.90. The van der Waals surface area contributed by atoms with Crippen LogP contribution in [0.5, 0.6) is 5.75 Å². The average Bonchev–Trinajstić information content (AvgIpc) is 2.34. The van der Waals surface area contributed by atoms with E-state index < -0.39 is 5.43 Å². The summed E-state index contributed by atoms with van der Waals surface area (Å²) in [7, 11) is 0. The lowest BCUT2D eigenvalue weighted by Gasteiger charge is -1.96. The van der Waals surface area contributed by atoms with Crippen LogP contribution in [0, 0.1) is 0 Å². The Morgan fingerprint density at radius 3 is 3.09 bits per heavy atom. The fourth-order valence-corrected chi connectivity index (χ4v) is 0.847. The van der Waals surface area contributed by atoms with Crippen LogP contribution in [0.15, 0.2) is 16.7 Å². The number of ether oxygens (including phenoxy) is 1. The summed E-state index contributed by atoms with van der Waals surface area (Å²) in [6.45, 7) is 1.89. The third-order valence-corrected chi connectivity index (χ3v) is 1.29. The highest BCUT2D eigenvalue weighted by atomic mass is 35.5. The molecule has 60 valence electrons. The van der Waals surface area contributed by atoms with Crippen molar-refractivity contribution in [2.75, 3.05) is 0 Å². The predicted molar refractivity (Wildman–Crippen MR) is 40.0 cm³/mol. The standard InChI is InChI=1S/C7H7ClO3/c1-2-5-6(3-4-10-5)11-7(8)9/h3-4H,2H2,1H3. The van der Waals surface area contributed by atoms with E-state index in [0.29, 0.717) is 17.9 Å². The molecule has 0 unspecified atom stereocenters. The normalized spacial score (nSPS) is 9.64. The van der Waals surface area contributed by atoms with Gasteiger partial charge < -0.3 is 9.15 Å². The molecule has 0 radical (unpaired) electrons. The molecule has 0 bridgehead atoms. The number of rotatable bonds is 2. The summed E-state index contributed by atoms with van der Waals surface area (Å²) in [6.07, 6.45) is 2.13. The van der Waals surface area contributed by atoms with Crippen LogP contribution in [0.2, 0.25) is 0 Å². The zero-order chi connectivity index (χ0) is 8.27. The van der Waals surface area contributed by atoms with Crippen LogP contribution in [0.4, 0.5) is 4.79 Å². The number of carbonyl (C=O) groups is 1. The van der Waals surface area contributed by atoms with Gasteiger partial charge in [0.2, 0.25) is 0 Å². The first-order valence-electron chi connectivity index (χ1n) is 3.17. The molecule has 11 heavy (non-hydrogen) atoms. The van der Waals surface area contributed by atoms with Crippen LogP contribution >= 0.6 is 11.6 Å². The summed E-state index contributed by atoms with van der Waals surface area (Å²) in [5.74, 6) is 1.02. The van der Waals surface area contributed by atoms with Gasteiger partial charge in [-0.1, -0.05) is 6.92 Å². The van der Waals surface area contributed by atoms with Crippen molar-refractivity contribution >= 4 is 17.0 Å². The van der Waals surface area contributed by atoms with Gasteiger partial charge >= 0.3 is 5.43 Å². The van der Waals surface area contributed by atoms with Crippen molar-refractivity contribution in [3.8, 4) is 5.75 Å². The Hall–Kier alpha value is -0.960. The van der Waals surface area contributed by atoms with E-state index in [-0.39, 0.29) is 0 Å². The zero-order valence-corrected chi connectivity index (χ0v) is 6.72. The first-order chi connectivity index (χ1) is 5.24. The highest BCUT2D eigenvalue weighted by Gasteiger charge is 2.07. The summed E-state index contributed by atoms with van der Waals surface area (Å²) in [4.78, 5) is 10.3. The number of aryl methyl sites for hydroxylation is 1. The lowest BCUT2D eigenvalue weighted by molar-refractivity contribution is 0.224. The van der Waals surface area contributed by atoms with E-state index in [1.807, 2.05) is 6.92 Å². The smallest absolute Gasteiger partial charge is 0.409 e. The lowest BCUT2D eigenvalue weighted by atomic mass is 10.3. The molecule has 4 heteroatoms. The Kier molecular flexibility index (Phi) is 2.54. The molecule has 1 heterocycles. The quantitative estimate of drug-likeness (QED) is 0.647. The van der Waals surface area contributed by atoms with Crippen LogP contribution in [-0.4, -0.2) is 5.43 Å². The van der Waals surface area contributed by atoms with Gasteiger partial charge in [0.05, 0.1) is 6.26 Å². The zero-order valence-electron chi connectivity index (χ0n) is 5.96. The molecule has 0 amide bonds. The molecule has 3 nitrogen and oxygen atoms in total. The number of hydrogen-bond acceptors (Lipinski definition) is 3. The van der Waals surface area contributed by atoms with Crippen LogP contribution in [0.25, 0.3) is 0 Å². The topological polar surface area (TPSA) is 39.4 Å². The third kappa shape index (κ3) is 1.98. The molecule has 0 fully saturated rings. The summed E-state index contributed by atoms with van der Waals surface area (Å²) in [5, 5.41) is 0. The molecule has 0 atom stereocenters. The maximum atomic E-state index is 10.3. The second kappa shape index (κ2) is 3.44. The Labute approximate surface area is 68.9 Å². The highest BCUT2D eigenvalue weighted by molar-refractivity contribution is 6.61. The minimum absolute atomic E-state index is 0.396. The van der Waals surface area contributed by atoms with Gasteiger partial charge in [0, 0.05) is 24.1 Å². The average molecular weight is 175 g/mol. The molecule has 0 aromatic carbocycles. The monoisotopic (exact) mass is 174 g/mol. The first-order valence-corrected chi connectivity index (χ1v) is 3.55. The van der Waals surface area contributed by atoms with Gasteiger partial charge in [-0.3, -0.25) is 0 Å². The molecule has 0 N–H and O–H groups in total. The van der Waals surface area contributed by atoms with Crippen molar-refractivity contribution in [3.63, 3.8) is 0 Å². The number of hydrogen-bond donors (Lipinski definition) is 0. The Morgan fingerprint density at radius 1 is 1.82 bits per heavy atom. The Morgan fingerprint density at radius 2 is 2.55 bits per heavy atom. The van der Waals surface area contributed by atoms with E-state index in [4.69, 9.17) is 16.0 Å². The molecule has 0 saturated carbocycles. The molecule has 0 aliphatic heterocycles. The number of carbonyl (C=O) groups excluding carboxylic acids is 1. The van der Waals surface area contributed by atoms with Gasteiger partial charge in [0.1, 0.15) is 5.76 Å². The van der Waals surface area contributed by atoms with E-state index in [2.05, 4.69) is 4.74 Å². The van der Waals surface area contributed by atoms with Crippen molar-refractivity contribution in [1.29, 1.82) is 0 Å². The van der Waals surface area contributed by atoms with Gasteiger partial charge in [0.15, 0.2) is 5.75 Å². The molecule has 0 aliphatic rings. The van der Waals surface area contributed by atoms with E-state index in [0.717, 1.165) is 0 Å². The molecular weight excluding hydrogens is 168 g/mol. The fraction of sp³-hybridized carbons (Fsp3) is 0.286. The van der Waals surface area contributed by atoms with Crippen molar-refractivity contribution in [3.05, 3.63) is 18.1 Å². The van der Waals surface area contributed by atoms with Gasteiger partial charge in [-0.15, -0.1) is 0 Å². The third-order valence-electron chi connectivity index (χ3n) is 1.22. The molecule has 0 aliphatic carbocycles. The molecule has 1 aromatic heterocycles. The van der Waals surface area contributed by atoms with Gasteiger partial charge in [-0.2, -0.15) is 0 Å². The van der Waals surface area contributed by atoms with Gasteiger partial charge in [-0.05, 0) is 0 Å². The minimum Gasteiger partial charge on any atom is -0.465 e. The summed E-state index contributed by atoms with van der Waals surface area (Å²) < 4.78 is 9.59. The summed E-state index contributed by atoms with van der Waals surface area (Å²) in [5.41, 5.74) is -0.846. The van der Waals surface area contributed by atoms with E-state index in [1.165, 1.54) is 6.26 Å². The van der Waals surface area contributed by atoms with E-state index in [1.54, 1.807) is 6.07 Å². The second-order valence-corrected chi connectivity index (χ2v) is 2.21. The lowest BCUT2D eigenvalue weighted by Crippen LogP contribution is -1.96. The molecule has 0 saturated heterocycles. The maximum absolute atomic E-state index is 10.3. The van der Waals surface area contributed by atoms with Crippen molar-refractivity contribution in [2.45, 2.75) is 13.3 Å². The Bertz CT molecular complexity index is 254. The van der Waals surface area contributed by atoms with Gasteiger partial charge in [-0.25, -0.2) is 4.79 Å². The van der Waals surface area contributed by atoms with E-state index in [9.17, 15) is 4.79 Å². The number of furan rings is 1. The molecule has 0 spiro atoms. The maximum Gasteiger partial charge on any atom is 0.409 e. The largest absolute Gasteiger partial charge is 0.465 e.